The van der Waals surface area contributed by atoms with Gasteiger partial charge in [0.2, 0.25) is 0 Å². The molecule has 0 unspecified atom stereocenters. The number of nitrogens with one attached hydrogen (secondary N) is 2. The van der Waals surface area contributed by atoms with Crippen molar-refractivity contribution in [2.75, 3.05) is 6.61 Å². The zero-order valence-corrected chi connectivity index (χ0v) is 8.93. The second-order valence-electron chi connectivity index (χ2n) is 3.61. The second kappa shape index (κ2) is 5.44. The van der Waals surface area contributed by atoms with Gasteiger partial charge in [-0.2, -0.15) is 5.10 Å². The van der Waals surface area contributed by atoms with Gasteiger partial charge in [-0.3, -0.25) is 5.10 Å². The third kappa shape index (κ3) is 2.68. The highest BCUT2D eigenvalue weighted by Gasteiger charge is 2.08. The van der Waals surface area contributed by atoms with Crippen LogP contribution in [0.1, 0.15) is 17.3 Å². The minimum absolute atomic E-state index is 0.0375. The summed E-state index contributed by atoms with van der Waals surface area (Å²) in [5.74, 6) is 0. The zero-order valence-electron chi connectivity index (χ0n) is 8.93. The van der Waals surface area contributed by atoms with Gasteiger partial charge in [0.25, 0.3) is 0 Å². The van der Waals surface area contributed by atoms with E-state index in [4.69, 9.17) is 0 Å². The van der Waals surface area contributed by atoms with Crippen molar-refractivity contribution >= 4 is 0 Å². The lowest BCUT2D eigenvalue weighted by molar-refractivity contribution is 0.243. The number of hydrogen-bond donors (Lipinski definition) is 3. The largest absolute Gasteiger partial charge is 0.394 e. The number of hydrogen-bond acceptors (Lipinski definition) is 3. The zero-order chi connectivity index (χ0) is 11.2. The van der Waals surface area contributed by atoms with E-state index in [1.165, 1.54) is 0 Å². The molecule has 4 nitrogen and oxygen atoms in total. The van der Waals surface area contributed by atoms with Crippen LogP contribution in [0.15, 0.2) is 42.6 Å². The summed E-state index contributed by atoms with van der Waals surface area (Å²) >= 11 is 0. The van der Waals surface area contributed by atoms with Crippen molar-refractivity contribution in [3.63, 3.8) is 0 Å². The quantitative estimate of drug-likeness (QED) is 0.706. The summed E-state index contributed by atoms with van der Waals surface area (Å²) in [7, 11) is 0. The third-order valence-electron chi connectivity index (χ3n) is 2.48. The fraction of sp³-hybridized carbons (Fsp3) is 0.250. The molecule has 1 atom stereocenters. The van der Waals surface area contributed by atoms with Gasteiger partial charge in [-0.1, -0.05) is 30.3 Å². The SMILES string of the molecule is OC[C@H](NCc1ccn[nH]1)c1ccccc1. The van der Waals surface area contributed by atoms with Crippen LogP contribution in [0.2, 0.25) is 0 Å². The van der Waals surface area contributed by atoms with Crippen LogP contribution < -0.4 is 5.32 Å². The molecule has 2 aromatic rings. The highest BCUT2D eigenvalue weighted by Crippen LogP contribution is 2.11. The molecule has 0 aliphatic rings. The maximum absolute atomic E-state index is 9.32. The van der Waals surface area contributed by atoms with Gasteiger partial charge in [0.1, 0.15) is 0 Å². The molecule has 0 radical (unpaired) electrons. The summed E-state index contributed by atoms with van der Waals surface area (Å²) in [6.07, 6.45) is 1.72. The molecule has 4 heteroatoms. The minimum Gasteiger partial charge on any atom is -0.394 e. The number of nitrogens with zero attached hydrogens (tertiary/aromatic N) is 1. The Morgan fingerprint density at radius 3 is 2.69 bits per heavy atom. The summed E-state index contributed by atoms with van der Waals surface area (Å²) < 4.78 is 0. The van der Waals surface area contributed by atoms with Gasteiger partial charge >= 0.3 is 0 Å². The van der Waals surface area contributed by atoms with E-state index in [9.17, 15) is 5.11 Å². The number of rotatable bonds is 5. The van der Waals surface area contributed by atoms with Gasteiger partial charge in [0.05, 0.1) is 12.6 Å². The van der Waals surface area contributed by atoms with Crippen molar-refractivity contribution in [1.29, 1.82) is 0 Å². The predicted octanol–water partition coefficient (Wildman–Crippen LogP) is 1.23. The van der Waals surface area contributed by atoms with E-state index >= 15 is 0 Å². The maximum atomic E-state index is 9.32. The van der Waals surface area contributed by atoms with Gasteiger partial charge < -0.3 is 10.4 Å². The summed E-state index contributed by atoms with van der Waals surface area (Å²) in [6.45, 7) is 0.748. The number of aromatic nitrogens is 2. The van der Waals surface area contributed by atoms with Crippen LogP contribution in [0.4, 0.5) is 0 Å². The Hall–Kier alpha value is -1.65. The van der Waals surface area contributed by atoms with Gasteiger partial charge in [-0.25, -0.2) is 0 Å². The van der Waals surface area contributed by atoms with Crippen molar-refractivity contribution in [1.82, 2.24) is 15.5 Å². The Bertz CT molecular complexity index is 399. The lowest BCUT2D eigenvalue weighted by atomic mass is 10.1. The van der Waals surface area contributed by atoms with E-state index in [0.717, 1.165) is 11.3 Å². The molecule has 1 aromatic carbocycles. The highest BCUT2D eigenvalue weighted by molar-refractivity contribution is 5.19. The van der Waals surface area contributed by atoms with Crippen LogP contribution >= 0.6 is 0 Å². The maximum Gasteiger partial charge on any atom is 0.0626 e. The van der Waals surface area contributed by atoms with Crippen LogP contribution in [0, 0.1) is 0 Å². The van der Waals surface area contributed by atoms with Crippen molar-refractivity contribution in [2.24, 2.45) is 0 Å². The summed E-state index contributed by atoms with van der Waals surface area (Å²) in [5.41, 5.74) is 2.10. The summed E-state index contributed by atoms with van der Waals surface area (Å²) in [6, 6.07) is 11.8. The Kier molecular flexibility index (Phi) is 3.69. The van der Waals surface area contributed by atoms with Gasteiger partial charge in [0, 0.05) is 18.4 Å². The van der Waals surface area contributed by atoms with Crippen molar-refractivity contribution < 1.29 is 5.11 Å². The molecule has 0 bridgehead atoms. The summed E-state index contributed by atoms with van der Waals surface area (Å²) in [5, 5.41) is 19.3. The van der Waals surface area contributed by atoms with E-state index in [2.05, 4.69) is 15.5 Å². The third-order valence-corrected chi connectivity index (χ3v) is 2.48. The molecule has 1 heterocycles. The normalized spacial score (nSPS) is 12.6. The number of H-pyrrole nitrogens is 1. The van der Waals surface area contributed by atoms with Crippen LogP contribution in [0.25, 0.3) is 0 Å². The van der Waals surface area contributed by atoms with Crippen molar-refractivity contribution in [3.05, 3.63) is 53.9 Å². The standard InChI is InChI=1S/C12H15N3O/c16-9-12(10-4-2-1-3-5-10)13-8-11-6-7-14-15-11/h1-7,12-13,16H,8-9H2,(H,14,15)/t12-/m0/s1. The molecule has 0 amide bonds. The van der Waals surface area contributed by atoms with Gasteiger partial charge in [-0.15, -0.1) is 0 Å². The molecule has 0 saturated heterocycles. The first-order valence-electron chi connectivity index (χ1n) is 5.27. The lowest BCUT2D eigenvalue weighted by Gasteiger charge is -2.15. The molecule has 3 N–H and O–H groups in total. The molecule has 0 spiro atoms. The molecule has 1 aromatic heterocycles. The number of benzene rings is 1. The topological polar surface area (TPSA) is 60.9 Å². The molecule has 2 rings (SSSR count). The van der Waals surface area contributed by atoms with Crippen molar-refractivity contribution in [3.8, 4) is 0 Å². The lowest BCUT2D eigenvalue weighted by Crippen LogP contribution is -2.24. The monoisotopic (exact) mass is 217 g/mol. The van der Waals surface area contributed by atoms with E-state index in [0.29, 0.717) is 6.54 Å². The molecule has 0 aliphatic heterocycles. The molecule has 84 valence electrons. The fourth-order valence-electron chi connectivity index (χ4n) is 1.59. The van der Waals surface area contributed by atoms with Gasteiger partial charge in [0.15, 0.2) is 0 Å². The molecular weight excluding hydrogens is 202 g/mol. The summed E-state index contributed by atoms with van der Waals surface area (Å²) in [4.78, 5) is 0. The Labute approximate surface area is 94.3 Å². The Morgan fingerprint density at radius 2 is 2.06 bits per heavy atom. The first-order valence-corrected chi connectivity index (χ1v) is 5.27. The first kappa shape index (κ1) is 10.9. The average Bonchev–Trinajstić information content (AvgIpc) is 2.84. The van der Waals surface area contributed by atoms with Crippen LogP contribution in [0.3, 0.4) is 0 Å². The molecule has 0 saturated carbocycles. The van der Waals surface area contributed by atoms with Crippen molar-refractivity contribution in [2.45, 2.75) is 12.6 Å². The fourth-order valence-corrected chi connectivity index (χ4v) is 1.59. The number of aliphatic hydroxyl groups is 1. The van der Waals surface area contributed by atoms with E-state index in [1.54, 1.807) is 6.20 Å². The minimum atomic E-state index is -0.0375. The first-order chi connectivity index (χ1) is 7.90. The van der Waals surface area contributed by atoms with E-state index < -0.39 is 0 Å². The molecular formula is C12H15N3O. The van der Waals surface area contributed by atoms with Crippen LogP contribution in [-0.2, 0) is 6.54 Å². The van der Waals surface area contributed by atoms with Crippen LogP contribution in [-0.4, -0.2) is 21.9 Å². The molecule has 16 heavy (non-hydrogen) atoms. The van der Waals surface area contributed by atoms with Crippen LogP contribution in [0.5, 0.6) is 0 Å². The predicted molar refractivity (Wildman–Crippen MR) is 61.7 cm³/mol. The number of aliphatic hydroxyl groups excluding tert-OH is 1. The van der Waals surface area contributed by atoms with E-state index in [-0.39, 0.29) is 12.6 Å². The molecule has 0 aliphatic carbocycles. The van der Waals surface area contributed by atoms with E-state index in [1.807, 2.05) is 36.4 Å². The average molecular weight is 217 g/mol. The highest BCUT2D eigenvalue weighted by atomic mass is 16.3. The Balaban J connectivity index is 1.96. The second-order valence-corrected chi connectivity index (χ2v) is 3.61. The van der Waals surface area contributed by atoms with Gasteiger partial charge in [-0.05, 0) is 11.6 Å². The number of aromatic amines is 1. The molecule has 0 fully saturated rings. The smallest absolute Gasteiger partial charge is 0.0626 e. The Morgan fingerprint density at radius 1 is 1.25 bits per heavy atom.